The van der Waals surface area contributed by atoms with Gasteiger partial charge in [0.2, 0.25) is 0 Å². The highest BCUT2D eigenvalue weighted by Crippen LogP contribution is 2.40. The minimum Gasteiger partial charge on any atom is -0.496 e. The van der Waals surface area contributed by atoms with Crippen molar-refractivity contribution in [2.75, 3.05) is 74.3 Å². The van der Waals surface area contributed by atoms with Crippen LogP contribution in [0.25, 0.3) is 0 Å². The van der Waals surface area contributed by atoms with Gasteiger partial charge < -0.3 is 29.7 Å². The maximum atomic E-state index is 6.33. The molecule has 0 unspecified atom stereocenters. The van der Waals surface area contributed by atoms with Crippen molar-refractivity contribution in [3.05, 3.63) is 28.8 Å². The molecule has 9 heteroatoms. The summed E-state index contributed by atoms with van der Waals surface area (Å²) >= 11 is 6.33. The monoisotopic (exact) mass is 568 g/mol. The minimum atomic E-state index is -0.122. The predicted molar refractivity (Wildman–Crippen MR) is 139 cm³/mol. The number of nitrogens with one attached hydrogen (secondary N) is 2. The Morgan fingerprint density at radius 1 is 1.23 bits per heavy atom. The van der Waals surface area contributed by atoms with Gasteiger partial charge in [-0.25, -0.2) is 0 Å². The molecule has 1 fully saturated rings. The average molecular weight is 569 g/mol. The summed E-state index contributed by atoms with van der Waals surface area (Å²) in [6.45, 7) is 5.73. The molecule has 0 spiro atoms. The van der Waals surface area contributed by atoms with Gasteiger partial charge in [0.05, 0.1) is 7.11 Å². The van der Waals surface area contributed by atoms with E-state index in [4.69, 9.17) is 25.8 Å². The number of hydrogen-bond donors (Lipinski definition) is 2. The molecule has 0 radical (unpaired) electrons. The number of aliphatic imine (C=N–C) groups is 1. The van der Waals surface area contributed by atoms with Crippen molar-refractivity contribution in [1.82, 2.24) is 15.5 Å². The van der Waals surface area contributed by atoms with E-state index < -0.39 is 0 Å². The van der Waals surface area contributed by atoms with Crippen LogP contribution in [0.1, 0.15) is 24.8 Å². The minimum absolute atomic E-state index is 0. The lowest BCUT2D eigenvalue weighted by molar-refractivity contribution is 0.0505. The van der Waals surface area contributed by atoms with Gasteiger partial charge >= 0.3 is 0 Å². The third kappa shape index (κ3) is 8.92. The molecular weight excluding hydrogens is 531 g/mol. The summed E-state index contributed by atoms with van der Waals surface area (Å²) < 4.78 is 16.4. The molecule has 31 heavy (non-hydrogen) atoms. The van der Waals surface area contributed by atoms with Crippen molar-refractivity contribution < 1.29 is 14.2 Å². The van der Waals surface area contributed by atoms with Crippen molar-refractivity contribution in [1.29, 1.82) is 0 Å². The number of rotatable bonds is 11. The zero-order chi connectivity index (χ0) is 21.8. The van der Waals surface area contributed by atoms with Gasteiger partial charge in [-0.05, 0) is 44.5 Å². The number of halogens is 2. The Morgan fingerprint density at radius 2 is 1.97 bits per heavy atom. The van der Waals surface area contributed by atoms with Crippen LogP contribution in [0.2, 0.25) is 5.02 Å². The topological polar surface area (TPSA) is 67.4 Å². The van der Waals surface area contributed by atoms with E-state index >= 15 is 0 Å². The summed E-state index contributed by atoms with van der Waals surface area (Å²) in [6.07, 6.45) is 2.83. The first-order valence-corrected chi connectivity index (χ1v) is 11.0. The molecule has 0 atom stereocenters. The van der Waals surface area contributed by atoms with E-state index in [1.165, 1.54) is 0 Å². The van der Waals surface area contributed by atoms with E-state index in [1.807, 2.05) is 18.2 Å². The first-order chi connectivity index (χ1) is 14.5. The fourth-order valence-corrected chi connectivity index (χ4v) is 4.00. The van der Waals surface area contributed by atoms with Gasteiger partial charge in [0.1, 0.15) is 5.75 Å². The molecule has 0 saturated carbocycles. The van der Waals surface area contributed by atoms with Crippen molar-refractivity contribution in [3.63, 3.8) is 0 Å². The molecule has 1 aromatic rings. The summed E-state index contributed by atoms with van der Waals surface area (Å²) in [6, 6.07) is 5.84. The Morgan fingerprint density at radius 3 is 2.61 bits per heavy atom. The van der Waals surface area contributed by atoms with Crippen LogP contribution in [0.3, 0.4) is 0 Å². The van der Waals surface area contributed by atoms with E-state index in [1.54, 1.807) is 21.3 Å². The Hall–Kier alpha value is -0.810. The maximum absolute atomic E-state index is 6.33. The van der Waals surface area contributed by atoms with Crippen LogP contribution in [-0.2, 0) is 14.9 Å². The summed E-state index contributed by atoms with van der Waals surface area (Å²) in [5, 5.41) is 7.66. The fraction of sp³-hybridized carbons (Fsp3) is 0.682. The molecule has 0 bridgehead atoms. The van der Waals surface area contributed by atoms with Gasteiger partial charge in [-0.2, -0.15) is 0 Å². The number of benzene rings is 1. The Balaban J connectivity index is 0.00000480. The largest absolute Gasteiger partial charge is 0.496 e. The van der Waals surface area contributed by atoms with Gasteiger partial charge in [0.15, 0.2) is 5.96 Å². The summed E-state index contributed by atoms with van der Waals surface area (Å²) in [5.74, 6) is 1.66. The molecule has 0 aliphatic carbocycles. The smallest absolute Gasteiger partial charge is 0.191 e. The normalized spacial score (nSPS) is 16.0. The average Bonchev–Trinajstić information content (AvgIpc) is 2.77. The number of nitrogens with zero attached hydrogens (tertiary/aromatic N) is 2. The van der Waals surface area contributed by atoms with Crippen molar-refractivity contribution >= 4 is 41.5 Å². The van der Waals surface area contributed by atoms with E-state index in [0.29, 0.717) is 0 Å². The van der Waals surface area contributed by atoms with Gasteiger partial charge in [0.25, 0.3) is 0 Å². The maximum Gasteiger partial charge on any atom is 0.191 e. The Bertz CT molecular complexity index is 672. The van der Waals surface area contributed by atoms with Gasteiger partial charge in [-0.15, -0.1) is 24.0 Å². The number of likely N-dealkylation sites (N-methyl/N-ethyl adjacent to an activating group) is 1. The van der Waals surface area contributed by atoms with Crippen LogP contribution < -0.4 is 15.4 Å². The van der Waals surface area contributed by atoms with Gasteiger partial charge in [-0.1, -0.05) is 11.6 Å². The number of hydrogen-bond acceptors (Lipinski definition) is 5. The fourth-order valence-electron chi connectivity index (χ4n) is 3.83. The molecule has 178 valence electrons. The first kappa shape index (κ1) is 28.2. The quantitative estimate of drug-likeness (QED) is 0.185. The zero-order valence-electron chi connectivity index (χ0n) is 19.2. The Labute approximate surface area is 209 Å². The second-order valence-electron chi connectivity index (χ2n) is 7.74. The van der Waals surface area contributed by atoms with Crippen LogP contribution in [0.4, 0.5) is 0 Å². The molecule has 7 nitrogen and oxygen atoms in total. The molecule has 0 amide bonds. The lowest BCUT2D eigenvalue weighted by atomic mass is 9.73. The van der Waals surface area contributed by atoms with Crippen LogP contribution in [-0.4, -0.2) is 85.2 Å². The van der Waals surface area contributed by atoms with E-state index in [9.17, 15) is 0 Å². The third-order valence-electron chi connectivity index (χ3n) is 5.67. The SMILES string of the molecule is CN=C(NCCN(C)CCCOC)NCC1(c2cc(Cl)ccc2OC)CCOCC1.I. The summed E-state index contributed by atoms with van der Waals surface area (Å²) in [5.41, 5.74) is 1.00. The van der Waals surface area contributed by atoms with E-state index in [0.717, 1.165) is 87.6 Å². The zero-order valence-corrected chi connectivity index (χ0v) is 22.3. The lowest BCUT2D eigenvalue weighted by Crippen LogP contribution is -2.49. The van der Waals surface area contributed by atoms with Gasteiger partial charge in [-0.3, -0.25) is 4.99 Å². The van der Waals surface area contributed by atoms with Crippen molar-refractivity contribution in [2.45, 2.75) is 24.7 Å². The van der Waals surface area contributed by atoms with Crippen LogP contribution >= 0.6 is 35.6 Å². The Kier molecular flexibility index (Phi) is 13.8. The number of methoxy groups -OCH3 is 2. The van der Waals surface area contributed by atoms with Crippen LogP contribution in [0.5, 0.6) is 5.75 Å². The van der Waals surface area contributed by atoms with Crippen molar-refractivity contribution in [2.24, 2.45) is 4.99 Å². The molecule has 2 N–H and O–H groups in total. The molecule has 1 heterocycles. The second-order valence-corrected chi connectivity index (χ2v) is 8.18. The molecule has 0 aromatic heterocycles. The predicted octanol–water partition coefficient (Wildman–Crippen LogP) is 3.15. The number of ether oxygens (including phenoxy) is 3. The summed E-state index contributed by atoms with van der Waals surface area (Å²) in [4.78, 5) is 6.68. The lowest BCUT2D eigenvalue weighted by Gasteiger charge is -2.39. The molecule has 1 aliphatic heterocycles. The standard InChI is InChI=1S/C22H37ClN4O3.HI/c1-24-21(25-10-12-27(2)11-5-13-28-3)26-17-22(8-14-30-15-9-22)19-16-18(23)6-7-20(19)29-4;/h6-7,16H,5,8-15,17H2,1-4H3,(H2,24,25,26);1H. The molecular formula is C22H38ClIN4O3. The molecule has 1 aliphatic rings. The first-order valence-electron chi connectivity index (χ1n) is 10.6. The second kappa shape index (κ2) is 15.1. The highest BCUT2D eigenvalue weighted by atomic mass is 127. The van der Waals surface area contributed by atoms with E-state index in [2.05, 4.69) is 27.6 Å². The summed E-state index contributed by atoms with van der Waals surface area (Å²) in [7, 11) is 7.36. The van der Waals surface area contributed by atoms with Gasteiger partial charge in [0, 0.05) is 76.2 Å². The third-order valence-corrected chi connectivity index (χ3v) is 5.91. The molecule has 1 aromatic carbocycles. The molecule has 1 saturated heterocycles. The van der Waals surface area contributed by atoms with Crippen molar-refractivity contribution in [3.8, 4) is 5.75 Å². The molecule has 2 rings (SSSR count). The highest BCUT2D eigenvalue weighted by Gasteiger charge is 2.37. The number of guanidine groups is 1. The van der Waals surface area contributed by atoms with Crippen LogP contribution in [0.15, 0.2) is 23.2 Å². The highest BCUT2D eigenvalue weighted by molar-refractivity contribution is 14.0. The van der Waals surface area contributed by atoms with Crippen LogP contribution in [0, 0.1) is 0 Å². The van der Waals surface area contributed by atoms with E-state index in [-0.39, 0.29) is 29.4 Å².